The molecule has 1 heteroatoms. The fourth-order valence-electron chi connectivity index (χ4n) is 10.3. The summed E-state index contributed by atoms with van der Waals surface area (Å²) in [7, 11) is 0. The third-order valence-corrected chi connectivity index (χ3v) is 11.8. The predicted molar refractivity (Wildman–Crippen MR) is 158 cm³/mol. The molecular weight excluding hydrogens is 480 g/mol. The Bertz CT molecular complexity index is 1640. The van der Waals surface area contributed by atoms with Gasteiger partial charge in [0.2, 0.25) is 0 Å². The van der Waals surface area contributed by atoms with E-state index < -0.39 is 0 Å². The summed E-state index contributed by atoms with van der Waals surface area (Å²) in [5, 5.41) is 0.823. The van der Waals surface area contributed by atoms with Crippen LogP contribution in [-0.2, 0) is 10.8 Å². The van der Waals surface area contributed by atoms with E-state index in [-0.39, 0.29) is 10.8 Å². The van der Waals surface area contributed by atoms with E-state index in [9.17, 15) is 0 Å². The first-order chi connectivity index (χ1) is 18.5. The third kappa shape index (κ3) is 2.54. The molecule has 4 aromatic carbocycles. The second-order valence-electron chi connectivity index (χ2n) is 13.5. The predicted octanol–water partition coefficient (Wildman–Crippen LogP) is 10.0. The second kappa shape index (κ2) is 7.22. The lowest BCUT2D eigenvalue weighted by molar-refractivity contribution is -0.0399. The quantitative estimate of drug-likeness (QED) is 0.238. The number of fused-ring (bicyclic) bond motifs is 6. The zero-order valence-electron chi connectivity index (χ0n) is 22.2. The maximum atomic E-state index is 6.46. The highest BCUT2D eigenvalue weighted by molar-refractivity contribution is 6.30. The van der Waals surface area contributed by atoms with Crippen LogP contribution < -0.4 is 0 Å². The Morgan fingerprint density at radius 1 is 0.579 bits per heavy atom. The third-order valence-electron chi connectivity index (χ3n) is 11.5. The SMILES string of the molecule is CC1(C)c2cc(Cl)ccc2-c2ccc(-c3cccc4c3-c3ccccc3C43C4CC5CC(C4)CC3C5)cc21. The van der Waals surface area contributed by atoms with Crippen LogP contribution in [0.1, 0.15) is 68.2 Å². The molecule has 0 aliphatic heterocycles. The van der Waals surface area contributed by atoms with Crippen molar-refractivity contribution in [2.75, 3.05) is 0 Å². The van der Waals surface area contributed by atoms with E-state index in [1.807, 2.05) is 6.07 Å². The van der Waals surface area contributed by atoms with Crippen molar-refractivity contribution >= 4 is 11.6 Å². The zero-order chi connectivity index (χ0) is 25.4. The van der Waals surface area contributed by atoms with Gasteiger partial charge in [0.1, 0.15) is 0 Å². The van der Waals surface area contributed by atoms with E-state index in [4.69, 9.17) is 11.6 Å². The van der Waals surface area contributed by atoms with Crippen molar-refractivity contribution in [2.45, 2.75) is 56.8 Å². The lowest BCUT2D eigenvalue weighted by Gasteiger charge is -2.61. The fraction of sp³-hybridized carbons (Fsp3) is 0.351. The van der Waals surface area contributed by atoms with Gasteiger partial charge in [0.05, 0.1) is 0 Å². The fourth-order valence-corrected chi connectivity index (χ4v) is 10.5. The van der Waals surface area contributed by atoms with Crippen LogP contribution in [0.4, 0.5) is 0 Å². The van der Waals surface area contributed by atoms with E-state index >= 15 is 0 Å². The van der Waals surface area contributed by atoms with Gasteiger partial charge in [-0.25, -0.2) is 0 Å². The van der Waals surface area contributed by atoms with Gasteiger partial charge in [0.25, 0.3) is 0 Å². The Labute approximate surface area is 231 Å². The average Bonchev–Trinajstić information content (AvgIpc) is 3.33. The topological polar surface area (TPSA) is 0 Å². The Morgan fingerprint density at radius 2 is 1.21 bits per heavy atom. The Morgan fingerprint density at radius 3 is 1.97 bits per heavy atom. The molecule has 4 saturated carbocycles. The summed E-state index contributed by atoms with van der Waals surface area (Å²) in [4.78, 5) is 0. The Balaban J connectivity index is 1.27. The van der Waals surface area contributed by atoms with Crippen molar-refractivity contribution in [3.8, 4) is 33.4 Å². The maximum Gasteiger partial charge on any atom is 0.0409 e. The molecule has 0 atom stereocenters. The molecule has 0 unspecified atom stereocenters. The van der Waals surface area contributed by atoms with Crippen LogP contribution in [-0.4, -0.2) is 0 Å². The highest BCUT2D eigenvalue weighted by Gasteiger charge is 2.61. The van der Waals surface area contributed by atoms with Gasteiger partial charge in [-0.3, -0.25) is 0 Å². The van der Waals surface area contributed by atoms with Crippen LogP contribution in [0.3, 0.4) is 0 Å². The standard InChI is InChI=1S/C37H33Cl/c1-36(2)33-19-23(10-12-28(33)29-13-11-26(38)20-34(29)36)27-7-5-9-32-35(27)30-6-3-4-8-31(30)37(32)24-15-21-14-22(17-24)18-25(37)16-21/h3-13,19-22,24-25H,14-18H2,1-2H3. The minimum atomic E-state index is -0.0654. The molecule has 4 fully saturated rings. The van der Waals surface area contributed by atoms with Crippen molar-refractivity contribution in [1.82, 2.24) is 0 Å². The summed E-state index contributed by atoms with van der Waals surface area (Å²) in [6, 6.07) is 30.4. The Kier molecular flexibility index (Phi) is 4.19. The van der Waals surface area contributed by atoms with Gasteiger partial charge in [-0.05, 0) is 130 Å². The number of benzene rings is 4. The zero-order valence-corrected chi connectivity index (χ0v) is 23.0. The van der Waals surface area contributed by atoms with Crippen molar-refractivity contribution in [3.63, 3.8) is 0 Å². The van der Waals surface area contributed by atoms with Gasteiger partial charge in [-0.2, -0.15) is 0 Å². The molecule has 10 rings (SSSR count). The molecule has 6 aliphatic rings. The molecule has 188 valence electrons. The highest BCUT2D eigenvalue weighted by atomic mass is 35.5. The van der Waals surface area contributed by atoms with Crippen LogP contribution >= 0.6 is 11.6 Å². The number of hydrogen-bond donors (Lipinski definition) is 0. The molecule has 4 aromatic rings. The Hall–Kier alpha value is -2.83. The van der Waals surface area contributed by atoms with Crippen LogP contribution in [0.2, 0.25) is 5.02 Å². The molecule has 0 radical (unpaired) electrons. The van der Waals surface area contributed by atoms with E-state index in [2.05, 4.69) is 86.6 Å². The molecule has 0 amide bonds. The minimum Gasteiger partial charge on any atom is -0.0843 e. The van der Waals surface area contributed by atoms with Crippen molar-refractivity contribution in [2.24, 2.45) is 23.7 Å². The van der Waals surface area contributed by atoms with Crippen LogP contribution in [0, 0.1) is 23.7 Å². The summed E-state index contributed by atoms with van der Waals surface area (Å²) in [5.41, 5.74) is 14.7. The summed E-state index contributed by atoms with van der Waals surface area (Å²) in [5.74, 6) is 3.54. The molecule has 0 saturated heterocycles. The molecule has 0 aromatic heterocycles. The second-order valence-corrected chi connectivity index (χ2v) is 14.0. The highest BCUT2D eigenvalue weighted by Crippen LogP contribution is 2.70. The van der Waals surface area contributed by atoms with Crippen molar-refractivity contribution in [3.05, 3.63) is 106 Å². The summed E-state index contributed by atoms with van der Waals surface area (Å²) < 4.78 is 0. The number of hydrogen-bond acceptors (Lipinski definition) is 0. The van der Waals surface area contributed by atoms with Crippen LogP contribution in [0.15, 0.2) is 78.9 Å². The monoisotopic (exact) mass is 512 g/mol. The molecule has 1 spiro atoms. The van der Waals surface area contributed by atoms with Gasteiger partial charge in [0, 0.05) is 15.9 Å². The number of rotatable bonds is 1. The van der Waals surface area contributed by atoms with Crippen molar-refractivity contribution in [1.29, 1.82) is 0 Å². The van der Waals surface area contributed by atoms with Crippen LogP contribution in [0.25, 0.3) is 33.4 Å². The lowest BCUT2D eigenvalue weighted by Crippen LogP contribution is -2.55. The normalized spacial score (nSPS) is 30.3. The first kappa shape index (κ1) is 22.0. The van der Waals surface area contributed by atoms with E-state index in [0.717, 1.165) is 28.7 Å². The molecule has 0 nitrogen and oxygen atoms in total. The molecule has 38 heavy (non-hydrogen) atoms. The molecular formula is C37H33Cl. The van der Waals surface area contributed by atoms with Gasteiger partial charge < -0.3 is 0 Å². The first-order valence-corrected chi connectivity index (χ1v) is 15.0. The molecule has 0 heterocycles. The molecule has 4 bridgehead atoms. The average molecular weight is 513 g/mol. The smallest absolute Gasteiger partial charge is 0.0409 e. The van der Waals surface area contributed by atoms with E-state index in [1.54, 1.807) is 11.1 Å². The molecule has 6 aliphatic carbocycles. The van der Waals surface area contributed by atoms with Crippen molar-refractivity contribution < 1.29 is 0 Å². The maximum absolute atomic E-state index is 6.46. The van der Waals surface area contributed by atoms with Gasteiger partial charge in [0.15, 0.2) is 0 Å². The van der Waals surface area contributed by atoms with Gasteiger partial charge >= 0.3 is 0 Å². The van der Waals surface area contributed by atoms with E-state index in [1.165, 1.54) is 76.6 Å². The van der Waals surface area contributed by atoms with Gasteiger partial charge in [-0.15, -0.1) is 0 Å². The largest absolute Gasteiger partial charge is 0.0843 e. The summed E-state index contributed by atoms with van der Waals surface area (Å²) >= 11 is 6.46. The summed E-state index contributed by atoms with van der Waals surface area (Å²) in [6.45, 7) is 4.71. The van der Waals surface area contributed by atoms with Crippen LogP contribution in [0.5, 0.6) is 0 Å². The van der Waals surface area contributed by atoms with Gasteiger partial charge in [-0.1, -0.05) is 86.1 Å². The summed E-state index contributed by atoms with van der Waals surface area (Å²) in [6.07, 6.45) is 7.21. The number of halogens is 1. The lowest BCUT2D eigenvalue weighted by atomic mass is 9.43. The molecule has 0 N–H and O–H groups in total. The first-order valence-electron chi connectivity index (χ1n) is 14.6. The minimum absolute atomic E-state index is 0.0654. The van der Waals surface area contributed by atoms with E-state index in [0.29, 0.717) is 0 Å².